The first-order chi connectivity index (χ1) is 7.63. The van der Waals surface area contributed by atoms with Gasteiger partial charge in [-0.3, -0.25) is 4.79 Å². The van der Waals surface area contributed by atoms with Crippen molar-refractivity contribution in [3.8, 4) is 0 Å². The highest BCUT2D eigenvalue weighted by molar-refractivity contribution is 9.10. The van der Waals surface area contributed by atoms with E-state index in [0.29, 0.717) is 6.42 Å². The van der Waals surface area contributed by atoms with Crippen molar-refractivity contribution in [3.05, 3.63) is 28.2 Å². The number of halogens is 2. The Morgan fingerprint density at radius 1 is 1.41 bits per heavy atom. The van der Waals surface area contributed by atoms with Gasteiger partial charge in [-0.05, 0) is 44.6 Å². The van der Waals surface area contributed by atoms with E-state index < -0.39 is 0 Å². The molecule has 0 aliphatic carbocycles. The van der Waals surface area contributed by atoms with Crippen molar-refractivity contribution in [2.45, 2.75) is 19.8 Å². The molecule has 0 unspecified atom stereocenters. The van der Waals surface area contributed by atoms with Crippen LogP contribution < -0.4 is 10.6 Å². The van der Waals surface area contributed by atoms with Gasteiger partial charge in [0, 0.05) is 16.6 Å². The molecule has 0 heterocycles. The molecule has 0 atom stereocenters. The van der Waals surface area contributed by atoms with Crippen molar-refractivity contribution >= 4 is 39.9 Å². The molecule has 5 heteroatoms. The summed E-state index contributed by atoms with van der Waals surface area (Å²) in [6.07, 6.45) is 1.40. The van der Waals surface area contributed by atoms with Crippen molar-refractivity contribution in [2.24, 2.45) is 0 Å². The van der Waals surface area contributed by atoms with Crippen LogP contribution in [0.1, 0.15) is 18.4 Å². The maximum Gasteiger partial charge on any atom is 0.224 e. The summed E-state index contributed by atoms with van der Waals surface area (Å²) in [7, 11) is 1.88. The summed E-state index contributed by atoms with van der Waals surface area (Å²) >= 11 is 3.44. The van der Waals surface area contributed by atoms with Crippen LogP contribution in [0.25, 0.3) is 0 Å². The van der Waals surface area contributed by atoms with Crippen molar-refractivity contribution in [1.29, 1.82) is 0 Å². The Hall–Kier alpha value is -0.580. The van der Waals surface area contributed by atoms with Gasteiger partial charge in [-0.1, -0.05) is 22.0 Å². The standard InChI is InChI=1S/C12H17BrN2O.ClH/c1-9-5-6-10(8-11(9)13)15-12(16)4-3-7-14-2;/h5-6,8,14H,3-4,7H2,1-2H3,(H,15,16);1H. The molecule has 0 radical (unpaired) electrons. The van der Waals surface area contributed by atoms with E-state index in [1.165, 1.54) is 0 Å². The van der Waals surface area contributed by atoms with Gasteiger partial charge in [0.05, 0.1) is 0 Å². The van der Waals surface area contributed by atoms with Gasteiger partial charge < -0.3 is 10.6 Å². The number of amides is 1. The first kappa shape index (κ1) is 16.4. The molecule has 1 rings (SSSR count). The van der Waals surface area contributed by atoms with Gasteiger partial charge in [-0.2, -0.15) is 0 Å². The zero-order valence-corrected chi connectivity index (χ0v) is 12.5. The summed E-state index contributed by atoms with van der Waals surface area (Å²) in [4.78, 5) is 11.5. The highest BCUT2D eigenvalue weighted by atomic mass is 79.9. The zero-order valence-electron chi connectivity index (χ0n) is 10.0. The summed E-state index contributed by atoms with van der Waals surface area (Å²) in [5.41, 5.74) is 2.00. The number of hydrogen-bond acceptors (Lipinski definition) is 2. The smallest absolute Gasteiger partial charge is 0.224 e. The monoisotopic (exact) mass is 320 g/mol. The van der Waals surface area contributed by atoms with Gasteiger partial charge in [0.25, 0.3) is 0 Å². The van der Waals surface area contributed by atoms with Gasteiger partial charge >= 0.3 is 0 Å². The third-order valence-electron chi connectivity index (χ3n) is 2.29. The van der Waals surface area contributed by atoms with Gasteiger partial charge in [-0.15, -0.1) is 12.4 Å². The van der Waals surface area contributed by atoms with E-state index in [-0.39, 0.29) is 18.3 Å². The molecule has 1 aromatic rings. The molecule has 1 aromatic carbocycles. The Bertz CT molecular complexity index is 372. The first-order valence-electron chi connectivity index (χ1n) is 5.34. The fourth-order valence-electron chi connectivity index (χ4n) is 1.32. The summed E-state index contributed by atoms with van der Waals surface area (Å²) in [6, 6.07) is 5.81. The number of carbonyl (C=O) groups is 1. The number of hydrogen-bond donors (Lipinski definition) is 2. The minimum atomic E-state index is 0. The van der Waals surface area contributed by atoms with Crippen molar-refractivity contribution in [1.82, 2.24) is 5.32 Å². The second-order valence-electron chi connectivity index (χ2n) is 3.72. The van der Waals surface area contributed by atoms with E-state index in [1.54, 1.807) is 0 Å². The second kappa shape index (κ2) is 8.50. The average molecular weight is 322 g/mol. The Morgan fingerprint density at radius 3 is 2.71 bits per heavy atom. The molecule has 0 aromatic heterocycles. The SMILES string of the molecule is CNCCCC(=O)Nc1ccc(C)c(Br)c1.Cl. The van der Waals surface area contributed by atoms with Gasteiger partial charge in [-0.25, -0.2) is 0 Å². The molecular formula is C12H18BrClN2O. The Kier molecular flexibility index (Phi) is 8.21. The highest BCUT2D eigenvalue weighted by Crippen LogP contribution is 2.20. The van der Waals surface area contributed by atoms with Crippen LogP contribution in [0.3, 0.4) is 0 Å². The van der Waals surface area contributed by atoms with E-state index in [1.807, 2.05) is 32.2 Å². The fourth-order valence-corrected chi connectivity index (χ4v) is 1.70. The van der Waals surface area contributed by atoms with Crippen LogP contribution in [0.4, 0.5) is 5.69 Å². The molecular weight excluding hydrogens is 304 g/mol. The maximum absolute atomic E-state index is 11.5. The number of benzene rings is 1. The van der Waals surface area contributed by atoms with E-state index >= 15 is 0 Å². The van der Waals surface area contributed by atoms with Crippen molar-refractivity contribution in [2.75, 3.05) is 18.9 Å². The lowest BCUT2D eigenvalue weighted by atomic mass is 10.2. The molecule has 0 aliphatic heterocycles. The summed E-state index contributed by atoms with van der Waals surface area (Å²) in [5, 5.41) is 5.89. The lowest BCUT2D eigenvalue weighted by Gasteiger charge is -2.06. The molecule has 0 fully saturated rings. The molecule has 3 nitrogen and oxygen atoms in total. The molecule has 0 bridgehead atoms. The van der Waals surface area contributed by atoms with E-state index in [2.05, 4.69) is 26.6 Å². The topological polar surface area (TPSA) is 41.1 Å². The van der Waals surface area contributed by atoms with Gasteiger partial charge in [0.2, 0.25) is 5.91 Å². The predicted molar refractivity (Wildman–Crippen MR) is 77.9 cm³/mol. The maximum atomic E-state index is 11.5. The third kappa shape index (κ3) is 6.05. The predicted octanol–water partition coefficient (Wildman–Crippen LogP) is 3.12. The van der Waals surface area contributed by atoms with Crippen LogP contribution in [0.5, 0.6) is 0 Å². The van der Waals surface area contributed by atoms with Gasteiger partial charge in [0.1, 0.15) is 0 Å². The summed E-state index contributed by atoms with van der Waals surface area (Å²) in [6.45, 7) is 2.88. The molecule has 0 aliphatic rings. The molecule has 17 heavy (non-hydrogen) atoms. The lowest BCUT2D eigenvalue weighted by Crippen LogP contribution is -2.15. The van der Waals surface area contributed by atoms with Crippen LogP contribution in [0.15, 0.2) is 22.7 Å². The van der Waals surface area contributed by atoms with Crippen LogP contribution >= 0.6 is 28.3 Å². The first-order valence-corrected chi connectivity index (χ1v) is 6.13. The van der Waals surface area contributed by atoms with Crippen LogP contribution in [0, 0.1) is 6.92 Å². The van der Waals surface area contributed by atoms with E-state index in [4.69, 9.17) is 0 Å². The number of rotatable bonds is 5. The minimum absolute atomic E-state index is 0. The molecule has 0 spiro atoms. The minimum Gasteiger partial charge on any atom is -0.326 e. The van der Waals surface area contributed by atoms with E-state index in [0.717, 1.165) is 28.7 Å². The Labute approximate surface area is 117 Å². The Morgan fingerprint density at radius 2 is 2.12 bits per heavy atom. The molecule has 96 valence electrons. The summed E-state index contributed by atoms with van der Waals surface area (Å²) in [5.74, 6) is 0.0611. The highest BCUT2D eigenvalue weighted by Gasteiger charge is 2.03. The quantitative estimate of drug-likeness (QED) is 0.818. The van der Waals surface area contributed by atoms with Crippen molar-refractivity contribution in [3.63, 3.8) is 0 Å². The molecule has 0 saturated carbocycles. The Balaban J connectivity index is 0.00000256. The normalized spacial score (nSPS) is 9.59. The van der Waals surface area contributed by atoms with Crippen LogP contribution in [-0.2, 0) is 4.79 Å². The number of nitrogens with one attached hydrogen (secondary N) is 2. The average Bonchev–Trinajstić information content (AvgIpc) is 2.24. The van der Waals surface area contributed by atoms with Crippen molar-refractivity contribution < 1.29 is 4.79 Å². The zero-order chi connectivity index (χ0) is 12.0. The molecule has 0 saturated heterocycles. The molecule has 2 N–H and O–H groups in total. The number of anilines is 1. The molecule has 1 amide bonds. The van der Waals surface area contributed by atoms with Gasteiger partial charge in [0.15, 0.2) is 0 Å². The third-order valence-corrected chi connectivity index (χ3v) is 3.14. The largest absolute Gasteiger partial charge is 0.326 e. The fraction of sp³-hybridized carbons (Fsp3) is 0.417. The number of carbonyl (C=O) groups excluding carboxylic acids is 1. The van der Waals surface area contributed by atoms with E-state index in [9.17, 15) is 4.79 Å². The lowest BCUT2D eigenvalue weighted by molar-refractivity contribution is -0.116. The summed E-state index contributed by atoms with van der Waals surface area (Å²) < 4.78 is 1.01. The van der Waals surface area contributed by atoms with Crippen LogP contribution in [-0.4, -0.2) is 19.5 Å². The second-order valence-corrected chi connectivity index (χ2v) is 4.57. The number of aryl methyl sites for hydroxylation is 1. The van der Waals surface area contributed by atoms with Crippen LogP contribution in [0.2, 0.25) is 0 Å².